The minimum atomic E-state index is 0.134. The number of nitrogens with two attached hydrogens (primary N) is 1. The maximum Gasteiger partial charge on any atom is 0.179 e. The monoisotopic (exact) mass is 155 g/mol. The molecule has 0 aromatic heterocycles. The van der Waals surface area contributed by atoms with Crippen molar-refractivity contribution in [1.82, 2.24) is 4.90 Å². The summed E-state index contributed by atoms with van der Waals surface area (Å²) >= 11 is 0. The molecule has 1 saturated heterocycles. The van der Waals surface area contributed by atoms with Crippen LogP contribution in [0.5, 0.6) is 0 Å². The second-order valence-corrected chi connectivity index (χ2v) is 2.86. The van der Waals surface area contributed by atoms with Gasteiger partial charge >= 0.3 is 0 Å². The van der Waals surface area contributed by atoms with Gasteiger partial charge in [0.15, 0.2) is 6.19 Å². The minimum absolute atomic E-state index is 0.134. The molecule has 0 aromatic carbocycles. The fourth-order valence-corrected chi connectivity index (χ4v) is 1.43. The van der Waals surface area contributed by atoms with Crippen LogP contribution in [0.1, 0.15) is 6.42 Å². The molecule has 11 heavy (non-hydrogen) atoms. The van der Waals surface area contributed by atoms with E-state index >= 15 is 0 Å². The van der Waals surface area contributed by atoms with Crippen LogP contribution in [0.2, 0.25) is 0 Å². The number of ether oxygens (including phenoxy) is 1. The van der Waals surface area contributed by atoms with Gasteiger partial charge in [0.1, 0.15) is 0 Å². The summed E-state index contributed by atoms with van der Waals surface area (Å²) < 4.78 is 4.96. The van der Waals surface area contributed by atoms with Crippen molar-refractivity contribution in [2.45, 2.75) is 18.5 Å². The van der Waals surface area contributed by atoms with Crippen LogP contribution in [0.3, 0.4) is 0 Å². The lowest BCUT2D eigenvalue weighted by molar-refractivity contribution is 0.141. The zero-order chi connectivity index (χ0) is 8.27. The molecule has 0 amide bonds. The average molecular weight is 155 g/mol. The van der Waals surface area contributed by atoms with Crippen molar-refractivity contribution >= 4 is 0 Å². The van der Waals surface area contributed by atoms with E-state index in [4.69, 9.17) is 15.7 Å². The van der Waals surface area contributed by atoms with Crippen molar-refractivity contribution < 1.29 is 4.74 Å². The van der Waals surface area contributed by atoms with Crippen LogP contribution in [-0.2, 0) is 4.74 Å². The lowest BCUT2D eigenvalue weighted by atomic mass is 10.2. The molecule has 62 valence electrons. The quantitative estimate of drug-likeness (QED) is 0.547. The molecule has 2 atom stereocenters. The maximum absolute atomic E-state index is 8.65. The normalized spacial score (nSPS) is 30.5. The molecule has 0 aromatic rings. The van der Waals surface area contributed by atoms with E-state index < -0.39 is 0 Å². The van der Waals surface area contributed by atoms with Crippen molar-refractivity contribution in [2.24, 2.45) is 5.73 Å². The smallest absolute Gasteiger partial charge is 0.179 e. The minimum Gasteiger partial charge on any atom is -0.383 e. The zero-order valence-electron chi connectivity index (χ0n) is 6.66. The Balaban J connectivity index is 2.45. The summed E-state index contributed by atoms with van der Waals surface area (Å²) in [5.74, 6) is 0. The molecule has 1 fully saturated rings. The van der Waals surface area contributed by atoms with Crippen LogP contribution < -0.4 is 5.73 Å². The molecular formula is C7H13N3O. The third-order valence-corrected chi connectivity index (χ3v) is 1.93. The highest BCUT2D eigenvalue weighted by Gasteiger charge is 2.28. The van der Waals surface area contributed by atoms with Crippen LogP contribution in [0.25, 0.3) is 0 Å². The fraction of sp³-hybridized carbons (Fsp3) is 0.857. The highest BCUT2D eigenvalue weighted by atomic mass is 16.5. The van der Waals surface area contributed by atoms with Gasteiger partial charge in [0.2, 0.25) is 0 Å². The Bertz CT molecular complexity index is 166. The van der Waals surface area contributed by atoms with Crippen molar-refractivity contribution in [1.29, 1.82) is 5.26 Å². The number of rotatable bonds is 2. The van der Waals surface area contributed by atoms with Crippen LogP contribution in [-0.4, -0.2) is 37.2 Å². The standard InChI is InChI=1S/C7H13N3O/c1-11-4-7-2-6(9)3-10(7)5-8/h6-7H,2-4,9H2,1H3/t6-,7-/m1/s1. The molecule has 0 aliphatic carbocycles. The van der Waals surface area contributed by atoms with Gasteiger partial charge in [-0.25, -0.2) is 0 Å². The summed E-state index contributed by atoms with van der Waals surface area (Å²) in [6, 6.07) is 0.329. The lowest BCUT2D eigenvalue weighted by Crippen LogP contribution is -2.28. The van der Waals surface area contributed by atoms with E-state index in [9.17, 15) is 0 Å². The Kier molecular flexibility index (Phi) is 2.69. The summed E-state index contributed by atoms with van der Waals surface area (Å²) in [6.45, 7) is 1.27. The summed E-state index contributed by atoms with van der Waals surface area (Å²) in [4.78, 5) is 1.69. The van der Waals surface area contributed by atoms with Gasteiger partial charge in [0.25, 0.3) is 0 Å². The first kappa shape index (κ1) is 8.31. The number of hydrogen-bond donors (Lipinski definition) is 1. The summed E-state index contributed by atoms with van der Waals surface area (Å²) in [6.07, 6.45) is 2.97. The van der Waals surface area contributed by atoms with Crippen molar-refractivity contribution in [3.8, 4) is 6.19 Å². The third-order valence-electron chi connectivity index (χ3n) is 1.93. The zero-order valence-corrected chi connectivity index (χ0v) is 6.66. The van der Waals surface area contributed by atoms with Crippen LogP contribution in [0.15, 0.2) is 0 Å². The van der Waals surface area contributed by atoms with Crippen LogP contribution >= 0.6 is 0 Å². The summed E-state index contributed by atoms with van der Waals surface area (Å²) in [5, 5.41) is 8.65. The molecule has 1 heterocycles. The summed E-state index contributed by atoms with van der Waals surface area (Å²) in [7, 11) is 1.64. The van der Waals surface area contributed by atoms with Gasteiger partial charge < -0.3 is 15.4 Å². The Morgan fingerprint density at radius 1 is 1.82 bits per heavy atom. The Morgan fingerprint density at radius 2 is 2.55 bits per heavy atom. The maximum atomic E-state index is 8.65. The Morgan fingerprint density at radius 3 is 3.09 bits per heavy atom. The van der Waals surface area contributed by atoms with Gasteiger partial charge in [-0.3, -0.25) is 0 Å². The molecule has 1 aliphatic heterocycles. The van der Waals surface area contributed by atoms with Gasteiger partial charge in [0.05, 0.1) is 12.6 Å². The molecule has 0 unspecified atom stereocenters. The van der Waals surface area contributed by atoms with Gasteiger partial charge in [-0.05, 0) is 6.42 Å². The topological polar surface area (TPSA) is 62.3 Å². The molecule has 0 spiro atoms. The predicted molar refractivity (Wildman–Crippen MR) is 40.6 cm³/mol. The number of nitriles is 1. The molecule has 2 N–H and O–H groups in total. The first-order valence-electron chi connectivity index (χ1n) is 3.68. The highest BCUT2D eigenvalue weighted by molar-refractivity contribution is 4.93. The van der Waals surface area contributed by atoms with Crippen molar-refractivity contribution in [3.63, 3.8) is 0 Å². The van der Waals surface area contributed by atoms with Crippen molar-refractivity contribution in [3.05, 3.63) is 0 Å². The third kappa shape index (κ3) is 1.82. The molecule has 0 bridgehead atoms. The number of nitrogens with zero attached hydrogens (tertiary/aromatic N) is 2. The second-order valence-electron chi connectivity index (χ2n) is 2.86. The average Bonchev–Trinajstić information content (AvgIpc) is 2.32. The second kappa shape index (κ2) is 3.56. The molecule has 1 aliphatic rings. The highest BCUT2D eigenvalue weighted by Crippen LogP contribution is 2.14. The van der Waals surface area contributed by atoms with E-state index in [1.165, 1.54) is 0 Å². The molecule has 4 heteroatoms. The lowest BCUT2D eigenvalue weighted by Gasteiger charge is -2.15. The predicted octanol–water partition coefficient (Wildman–Crippen LogP) is -0.485. The molecule has 1 rings (SSSR count). The first-order valence-corrected chi connectivity index (χ1v) is 3.68. The number of methoxy groups -OCH3 is 1. The number of likely N-dealkylation sites (tertiary alicyclic amines) is 1. The number of hydrogen-bond acceptors (Lipinski definition) is 4. The van der Waals surface area contributed by atoms with E-state index in [1.54, 1.807) is 12.0 Å². The molecule has 0 radical (unpaired) electrons. The van der Waals surface area contributed by atoms with Crippen LogP contribution in [0.4, 0.5) is 0 Å². The van der Waals surface area contributed by atoms with Gasteiger partial charge in [-0.1, -0.05) is 0 Å². The molecule has 4 nitrogen and oxygen atoms in total. The molecular weight excluding hydrogens is 142 g/mol. The Labute approximate surface area is 66.5 Å². The first-order chi connectivity index (χ1) is 5.27. The van der Waals surface area contributed by atoms with Gasteiger partial charge in [-0.15, -0.1) is 0 Å². The van der Waals surface area contributed by atoms with E-state index in [1.807, 2.05) is 0 Å². The van der Waals surface area contributed by atoms with E-state index in [0.29, 0.717) is 13.2 Å². The summed E-state index contributed by atoms with van der Waals surface area (Å²) in [5.41, 5.74) is 5.67. The van der Waals surface area contributed by atoms with Gasteiger partial charge in [-0.2, -0.15) is 5.26 Å². The van der Waals surface area contributed by atoms with E-state index in [0.717, 1.165) is 6.42 Å². The SMILES string of the molecule is COC[C@H]1C[C@@H](N)CN1C#N. The van der Waals surface area contributed by atoms with Crippen LogP contribution in [0, 0.1) is 11.5 Å². The van der Waals surface area contributed by atoms with Gasteiger partial charge in [0, 0.05) is 19.7 Å². The Hall–Kier alpha value is -0.790. The van der Waals surface area contributed by atoms with E-state index in [2.05, 4.69) is 6.19 Å². The largest absolute Gasteiger partial charge is 0.383 e. The fourth-order valence-electron chi connectivity index (χ4n) is 1.43. The molecule has 0 saturated carbocycles. The van der Waals surface area contributed by atoms with E-state index in [-0.39, 0.29) is 12.1 Å². The van der Waals surface area contributed by atoms with Crippen molar-refractivity contribution in [2.75, 3.05) is 20.3 Å².